The van der Waals surface area contributed by atoms with Gasteiger partial charge in [-0.1, -0.05) is 50.2 Å². The standard InChI is InChI=1S/C19H24N2/c1-19(2)17(15-8-4-3-5-9-15)14-18(19)21-13-11-16-10-6-7-12-20-16/h3-10,12,17-18,21H,11,13-14H2,1-2H3/t17-,18-/m1/s1. The van der Waals surface area contributed by atoms with Crippen molar-refractivity contribution in [2.75, 3.05) is 6.54 Å². The molecule has 2 nitrogen and oxygen atoms in total. The zero-order valence-corrected chi connectivity index (χ0v) is 12.9. The Hall–Kier alpha value is -1.67. The molecule has 1 fully saturated rings. The topological polar surface area (TPSA) is 24.9 Å². The van der Waals surface area contributed by atoms with Gasteiger partial charge in [-0.3, -0.25) is 4.98 Å². The van der Waals surface area contributed by atoms with Crippen LogP contribution in [0.15, 0.2) is 54.7 Å². The van der Waals surface area contributed by atoms with Crippen molar-refractivity contribution in [3.05, 3.63) is 66.0 Å². The molecule has 1 N–H and O–H groups in total. The largest absolute Gasteiger partial charge is 0.313 e. The quantitative estimate of drug-likeness (QED) is 0.901. The zero-order valence-electron chi connectivity index (χ0n) is 12.9. The first kappa shape index (κ1) is 14.3. The number of pyridine rings is 1. The Kier molecular flexibility index (Phi) is 4.07. The minimum atomic E-state index is 0.325. The smallest absolute Gasteiger partial charge is 0.0416 e. The predicted molar refractivity (Wildman–Crippen MR) is 87.3 cm³/mol. The van der Waals surface area contributed by atoms with E-state index in [0.29, 0.717) is 17.4 Å². The lowest BCUT2D eigenvalue weighted by Gasteiger charge is -2.53. The summed E-state index contributed by atoms with van der Waals surface area (Å²) in [6.45, 7) is 5.77. The fraction of sp³-hybridized carbons (Fsp3) is 0.421. The van der Waals surface area contributed by atoms with Crippen molar-refractivity contribution in [2.45, 2.75) is 38.6 Å². The van der Waals surface area contributed by atoms with E-state index in [1.165, 1.54) is 17.7 Å². The molecule has 3 rings (SSSR count). The van der Waals surface area contributed by atoms with E-state index >= 15 is 0 Å². The lowest BCUT2D eigenvalue weighted by atomic mass is 9.56. The van der Waals surface area contributed by atoms with Gasteiger partial charge in [0.15, 0.2) is 0 Å². The van der Waals surface area contributed by atoms with Gasteiger partial charge in [0.25, 0.3) is 0 Å². The Morgan fingerprint density at radius 3 is 2.52 bits per heavy atom. The van der Waals surface area contributed by atoms with Crippen LogP contribution in [0.1, 0.15) is 37.4 Å². The highest BCUT2D eigenvalue weighted by Gasteiger charge is 2.48. The minimum Gasteiger partial charge on any atom is -0.313 e. The molecule has 2 atom stereocenters. The second kappa shape index (κ2) is 5.98. The van der Waals surface area contributed by atoms with Gasteiger partial charge >= 0.3 is 0 Å². The lowest BCUT2D eigenvalue weighted by Crippen LogP contribution is -2.55. The molecule has 0 saturated heterocycles. The molecule has 0 spiro atoms. The molecule has 1 aliphatic rings. The molecule has 110 valence electrons. The highest BCUT2D eigenvalue weighted by Crippen LogP contribution is 2.52. The van der Waals surface area contributed by atoms with Crippen LogP contribution < -0.4 is 5.32 Å². The van der Waals surface area contributed by atoms with Gasteiger partial charge in [-0.05, 0) is 35.4 Å². The van der Waals surface area contributed by atoms with Gasteiger partial charge in [0.2, 0.25) is 0 Å². The van der Waals surface area contributed by atoms with Crippen LogP contribution in [0.2, 0.25) is 0 Å². The van der Waals surface area contributed by atoms with Crippen molar-refractivity contribution in [3.8, 4) is 0 Å². The van der Waals surface area contributed by atoms with Crippen LogP contribution >= 0.6 is 0 Å². The van der Waals surface area contributed by atoms with Gasteiger partial charge < -0.3 is 5.32 Å². The van der Waals surface area contributed by atoms with Crippen molar-refractivity contribution >= 4 is 0 Å². The summed E-state index contributed by atoms with van der Waals surface area (Å²) in [5.41, 5.74) is 2.97. The number of nitrogens with one attached hydrogen (secondary N) is 1. The summed E-state index contributed by atoms with van der Waals surface area (Å²) in [5, 5.41) is 3.72. The number of hydrogen-bond donors (Lipinski definition) is 1. The van der Waals surface area contributed by atoms with Gasteiger partial charge in [-0.25, -0.2) is 0 Å². The van der Waals surface area contributed by atoms with E-state index < -0.39 is 0 Å². The molecule has 0 unspecified atom stereocenters. The van der Waals surface area contributed by atoms with Crippen LogP contribution in [0.4, 0.5) is 0 Å². The molecule has 2 aromatic rings. The van der Waals surface area contributed by atoms with Gasteiger partial charge in [0, 0.05) is 30.9 Å². The van der Waals surface area contributed by atoms with Crippen LogP contribution in [-0.4, -0.2) is 17.6 Å². The van der Waals surface area contributed by atoms with Gasteiger partial charge in [-0.2, -0.15) is 0 Å². The highest BCUT2D eigenvalue weighted by molar-refractivity contribution is 5.27. The van der Waals surface area contributed by atoms with Crippen LogP contribution in [-0.2, 0) is 6.42 Å². The van der Waals surface area contributed by atoms with E-state index in [1.54, 1.807) is 0 Å². The second-order valence-electron chi connectivity index (χ2n) is 6.60. The Morgan fingerprint density at radius 1 is 1.10 bits per heavy atom. The van der Waals surface area contributed by atoms with E-state index in [9.17, 15) is 0 Å². The van der Waals surface area contributed by atoms with Crippen molar-refractivity contribution in [3.63, 3.8) is 0 Å². The molecule has 0 radical (unpaired) electrons. The summed E-state index contributed by atoms with van der Waals surface area (Å²) in [7, 11) is 0. The first-order valence-corrected chi connectivity index (χ1v) is 7.86. The Balaban J connectivity index is 1.52. The number of benzene rings is 1. The fourth-order valence-electron chi connectivity index (χ4n) is 3.44. The van der Waals surface area contributed by atoms with Gasteiger partial charge in [0.05, 0.1) is 0 Å². The van der Waals surface area contributed by atoms with Gasteiger partial charge in [-0.15, -0.1) is 0 Å². The van der Waals surface area contributed by atoms with Gasteiger partial charge in [0.1, 0.15) is 0 Å². The van der Waals surface area contributed by atoms with Crippen LogP contribution in [0.5, 0.6) is 0 Å². The summed E-state index contributed by atoms with van der Waals surface area (Å²) in [4.78, 5) is 4.38. The first-order valence-electron chi connectivity index (χ1n) is 7.86. The minimum absolute atomic E-state index is 0.325. The third-order valence-electron chi connectivity index (χ3n) is 4.97. The van der Waals surface area contributed by atoms with Crippen LogP contribution in [0, 0.1) is 5.41 Å². The monoisotopic (exact) mass is 280 g/mol. The van der Waals surface area contributed by atoms with E-state index in [4.69, 9.17) is 0 Å². The first-order chi connectivity index (χ1) is 10.2. The Morgan fingerprint density at radius 2 is 1.86 bits per heavy atom. The number of nitrogens with zero attached hydrogens (tertiary/aromatic N) is 1. The summed E-state index contributed by atoms with van der Waals surface area (Å²) in [6.07, 6.45) is 4.11. The molecular weight excluding hydrogens is 256 g/mol. The summed E-state index contributed by atoms with van der Waals surface area (Å²) in [5.74, 6) is 0.672. The summed E-state index contributed by atoms with van der Waals surface area (Å²) in [6, 6.07) is 17.6. The van der Waals surface area contributed by atoms with E-state index in [1.807, 2.05) is 12.3 Å². The second-order valence-corrected chi connectivity index (χ2v) is 6.60. The summed E-state index contributed by atoms with van der Waals surface area (Å²) >= 11 is 0. The molecule has 0 bridgehead atoms. The molecule has 0 aliphatic heterocycles. The van der Waals surface area contributed by atoms with Crippen LogP contribution in [0.3, 0.4) is 0 Å². The highest BCUT2D eigenvalue weighted by atomic mass is 15.0. The maximum Gasteiger partial charge on any atom is 0.0416 e. The van der Waals surface area contributed by atoms with Crippen LogP contribution in [0.25, 0.3) is 0 Å². The SMILES string of the molecule is CC1(C)[C@@H](c2ccccc2)C[C@H]1NCCc1ccccn1. The molecular formula is C19H24N2. The fourth-order valence-corrected chi connectivity index (χ4v) is 3.44. The third-order valence-corrected chi connectivity index (χ3v) is 4.97. The van der Waals surface area contributed by atoms with E-state index in [2.05, 4.69) is 66.6 Å². The normalized spacial score (nSPS) is 23.5. The molecule has 2 heteroatoms. The molecule has 1 aromatic carbocycles. The third kappa shape index (κ3) is 3.01. The molecule has 1 aliphatic carbocycles. The molecule has 21 heavy (non-hydrogen) atoms. The number of hydrogen-bond acceptors (Lipinski definition) is 2. The zero-order chi connectivity index (χ0) is 14.7. The number of rotatable bonds is 5. The maximum absolute atomic E-state index is 4.38. The van der Waals surface area contributed by atoms with Crippen molar-refractivity contribution in [1.29, 1.82) is 0 Å². The molecule has 1 aromatic heterocycles. The van der Waals surface area contributed by atoms with E-state index in [-0.39, 0.29) is 0 Å². The molecule has 1 saturated carbocycles. The lowest BCUT2D eigenvalue weighted by molar-refractivity contribution is 0.0696. The van der Waals surface area contributed by atoms with E-state index in [0.717, 1.165) is 13.0 Å². The van der Waals surface area contributed by atoms with Crippen molar-refractivity contribution in [1.82, 2.24) is 10.3 Å². The summed E-state index contributed by atoms with van der Waals surface area (Å²) < 4.78 is 0. The average Bonchev–Trinajstić information content (AvgIpc) is 2.52. The number of aromatic nitrogens is 1. The van der Waals surface area contributed by atoms with Crippen molar-refractivity contribution in [2.24, 2.45) is 5.41 Å². The molecule has 1 heterocycles. The van der Waals surface area contributed by atoms with Crippen molar-refractivity contribution < 1.29 is 0 Å². The average molecular weight is 280 g/mol. The Bertz CT molecular complexity index is 563. The maximum atomic E-state index is 4.38. The Labute approximate surface area is 127 Å². The predicted octanol–water partition coefficient (Wildman–Crippen LogP) is 3.80. The molecule has 0 amide bonds.